The molecule has 0 amide bonds. The number of aryl methyl sites for hydroxylation is 1. The normalized spacial score (nSPS) is 15.1. The standard InChI is InChI=1S/C13H15ClN4/c1-3-10-8(2)16-13(17-12(10)14)11-6-15-7-18(11)9-4-5-9/h6-7,9H,3-5H2,1-2H3. The summed E-state index contributed by atoms with van der Waals surface area (Å²) in [5, 5.41) is 0.559. The molecule has 5 heteroatoms. The molecule has 94 valence electrons. The average Bonchev–Trinajstić information content (AvgIpc) is 3.06. The van der Waals surface area contributed by atoms with Gasteiger partial charge in [0.1, 0.15) is 10.8 Å². The fourth-order valence-electron chi connectivity index (χ4n) is 2.20. The summed E-state index contributed by atoms with van der Waals surface area (Å²) < 4.78 is 2.15. The topological polar surface area (TPSA) is 43.6 Å². The Morgan fingerprint density at radius 2 is 2.17 bits per heavy atom. The summed E-state index contributed by atoms with van der Waals surface area (Å²) in [6, 6.07) is 0.566. The number of aromatic nitrogens is 4. The third-order valence-corrected chi connectivity index (χ3v) is 3.67. The molecule has 0 bridgehead atoms. The molecule has 1 saturated carbocycles. The molecule has 4 nitrogen and oxygen atoms in total. The number of hydrogen-bond acceptors (Lipinski definition) is 3. The molecule has 0 radical (unpaired) electrons. The van der Waals surface area contributed by atoms with Crippen LogP contribution in [0.1, 0.15) is 37.1 Å². The van der Waals surface area contributed by atoms with E-state index in [1.54, 1.807) is 0 Å². The lowest BCUT2D eigenvalue weighted by atomic mass is 10.2. The minimum absolute atomic E-state index is 0.559. The van der Waals surface area contributed by atoms with Gasteiger partial charge in [0.15, 0.2) is 5.82 Å². The van der Waals surface area contributed by atoms with Gasteiger partial charge in [0.2, 0.25) is 0 Å². The second kappa shape index (κ2) is 4.35. The molecule has 0 spiro atoms. The van der Waals surface area contributed by atoms with Gasteiger partial charge >= 0.3 is 0 Å². The lowest BCUT2D eigenvalue weighted by Crippen LogP contribution is -2.03. The van der Waals surface area contributed by atoms with Crippen molar-refractivity contribution in [1.29, 1.82) is 0 Å². The van der Waals surface area contributed by atoms with E-state index < -0.39 is 0 Å². The van der Waals surface area contributed by atoms with E-state index in [1.165, 1.54) is 12.8 Å². The van der Waals surface area contributed by atoms with Crippen LogP contribution >= 0.6 is 11.6 Å². The minimum Gasteiger partial charge on any atom is -0.325 e. The molecular formula is C13H15ClN4. The highest BCUT2D eigenvalue weighted by Crippen LogP contribution is 2.37. The Balaban J connectivity index is 2.08. The number of imidazole rings is 1. The SMILES string of the molecule is CCc1c(C)nc(-c2cncn2C2CC2)nc1Cl. The number of nitrogens with zero attached hydrogens (tertiary/aromatic N) is 4. The smallest absolute Gasteiger partial charge is 0.179 e. The fourth-order valence-corrected chi connectivity index (χ4v) is 2.55. The van der Waals surface area contributed by atoms with Gasteiger partial charge in [-0.3, -0.25) is 0 Å². The zero-order valence-corrected chi connectivity index (χ0v) is 11.3. The van der Waals surface area contributed by atoms with E-state index in [0.717, 1.165) is 23.4 Å². The van der Waals surface area contributed by atoms with Crippen molar-refractivity contribution in [3.63, 3.8) is 0 Å². The van der Waals surface area contributed by atoms with E-state index in [-0.39, 0.29) is 0 Å². The maximum atomic E-state index is 6.22. The van der Waals surface area contributed by atoms with Crippen LogP contribution < -0.4 is 0 Å². The molecule has 0 aromatic carbocycles. The summed E-state index contributed by atoms with van der Waals surface area (Å²) >= 11 is 6.22. The van der Waals surface area contributed by atoms with Crippen molar-refractivity contribution >= 4 is 11.6 Å². The molecule has 0 atom stereocenters. The Hall–Kier alpha value is -1.42. The van der Waals surface area contributed by atoms with E-state index >= 15 is 0 Å². The van der Waals surface area contributed by atoms with Gasteiger partial charge in [-0.1, -0.05) is 18.5 Å². The zero-order chi connectivity index (χ0) is 12.7. The van der Waals surface area contributed by atoms with Crippen LogP contribution in [-0.2, 0) is 6.42 Å². The molecule has 1 aliphatic carbocycles. The Kier molecular flexibility index (Phi) is 2.82. The highest BCUT2D eigenvalue weighted by Gasteiger charge is 2.26. The second-order valence-electron chi connectivity index (χ2n) is 4.67. The van der Waals surface area contributed by atoms with Crippen molar-refractivity contribution < 1.29 is 0 Å². The molecule has 2 aromatic heterocycles. The van der Waals surface area contributed by atoms with Gasteiger partial charge in [-0.15, -0.1) is 0 Å². The quantitative estimate of drug-likeness (QED) is 0.798. The van der Waals surface area contributed by atoms with Crippen LogP contribution in [0.25, 0.3) is 11.5 Å². The summed E-state index contributed by atoms with van der Waals surface area (Å²) in [4.78, 5) is 13.2. The van der Waals surface area contributed by atoms with E-state index in [4.69, 9.17) is 11.6 Å². The van der Waals surface area contributed by atoms with Crippen LogP contribution in [-0.4, -0.2) is 19.5 Å². The summed E-state index contributed by atoms with van der Waals surface area (Å²) in [6.07, 6.45) is 6.95. The fraction of sp³-hybridized carbons (Fsp3) is 0.462. The Morgan fingerprint density at radius 1 is 1.39 bits per heavy atom. The third-order valence-electron chi connectivity index (χ3n) is 3.35. The molecule has 3 rings (SSSR count). The van der Waals surface area contributed by atoms with Crippen LogP contribution in [0.15, 0.2) is 12.5 Å². The van der Waals surface area contributed by atoms with Crippen LogP contribution in [0, 0.1) is 6.92 Å². The van der Waals surface area contributed by atoms with E-state index in [1.807, 2.05) is 19.4 Å². The first-order valence-corrected chi connectivity index (χ1v) is 6.63. The summed E-state index contributed by atoms with van der Waals surface area (Å²) in [7, 11) is 0. The van der Waals surface area contributed by atoms with Crippen LogP contribution in [0.4, 0.5) is 0 Å². The number of hydrogen-bond donors (Lipinski definition) is 0. The molecule has 18 heavy (non-hydrogen) atoms. The molecule has 0 saturated heterocycles. The number of rotatable bonds is 3. The van der Waals surface area contributed by atoms with Gasteiger partial charge in [0.05, 0.1) is 12.5 Å². The molecule has 0 unspecified atom stereocenters. The van der Waals surface area contributed by atoms with Gasteiger partial charge in [-0.2, -0.15) is 0 Å². The van der Waals surface area contributed by atoms with Crippen molar-refractivity contribution in [1.82, 2.24) is 19.5 Å². The molecule has 0 N–H and O–H groups in total. The molecule has 1 fully saturated rings. The largest absolute Gasteiger partial charge is 0.325 e. The second-order valence-corrected chi connectivity index (χ2v) is 5.03. The highest BCUT2D eigenvalue weighted by molar-refractivity contribution is 6.30. The molecular weight excluding hydrogens is 248 g/mol. The van der Waals surface area contributed by atoms with E-state index in [9.17, 15) is 0 Å². The van der Waals surface area contributed by atoms with Crippen molar-refractivity contribution in [2.24, 2.45) is 0 Å². The van der Waals surface area contributed by atoms with Gasteiger partial charge in [0.25, 0.3) is 0 Å². The Morgan fingerprint density at radius 3 is 2.78 bits per heavy atom. The first-order valence-electron chi connectivity index (χ1n) is 6.26. The average molecular weight is 263 g/mol. The van der Waals surface area contributed by atoms with E-state index in [0.29, 0.717) is 17.0 Å². The lowest BCUT2D eigenvalue weighted by molar-refractivity contribution is 0.742. The van der Waals surface area contributed by atoms with E-state index in [2.05, 4.69) is 26.4 Å². The molecule has 1 aliphatic rings. The lowest BCUT2D eigenvalue weighted by Gasteiger charge is -2.09. The molecule has 0 aliphatic heterocycles. The maximum Gasteiger partial charge on any atom is 0.179 e. The van der Waals surface area contributed by atoms with Crippen molar-refractivity contribution in [2.45, 2.75) is 39.2 Å². The third kappa shape index (κ3) is 1.90. The van der Waals surface area contributed by atoms with Crippen molar-refractivity contribution in [3.05, 3.63) is 28.9 Å². The van der Waals surface area contributed by atoms with Gasteiger partial charge in [-0.05, 0) is 26.2 Å². The number of halogens is 1. The maximum absolute atomic E-state index is 6.22. The monoisotopic (exact) mass is 262 g/mol. The first-order chi connectivity index (χ1) is 8.70. The minimum atomic E-state index is 0.559. The highest BCUT2D eigenvalue weighted by atomic mass is 35.5. The summed E-state index contributed by atoms with van der Waals surface area (Å²) in [5.74, 6) is 0.680. The molecule has 2 aromatic rings. The van der Waals surface area contributed by atoms with Crippen LogP contribution in [0.3, 0.4) is 0 Å². The van der Waals surface area contributed by atoms with Gasteiger partial charge in [0, 0.05) is 17.3 Å². The molecule has 2 heterocycles. The summed E-state index contributed by atoms with van der Waals surface area (Å²) in [5.41, 5.74) is 2.94. The summed E-state index contributed by atoms with van der Waals surface area (Å²) in [6.45, 7) is 4.04. The van der Waals surface area contributed by atoms with Crippen LogP contribution in [0.2, 0.25) is 5.15 Å². The van der Waals surface area contributed by atoms with Crippen molar-refractivity contribution in [2.75, 3.05) is 0 Å². The van der Waals surface area contributed by atoms with Gasteiger partial charge in [-0.25, -0.2) is 15.0 Å². The van der Waals surface area contributed by atoms with Gasteiger partial charge < -0.3 is 4.57 Å². The first kappa shape index (κ1) is 11.7. The predicted octanol–water partition coefficient (Wildman–Crippen LogP) is 3.20. The zero-order valence-electron chi connectivity index (χ0n) is 10.5. The van der Waals surface area contributed by atoms with Crippen LogP contribution in [0.5, 0.6) is 0 Å². The predicted molar refractivity (Wildman–Crippen MR) is 70.6 cm³/mol. The Bertz CT molecular complexity index is 563. The Labute approximate surface area is 111 Å². The van der Waals surface area contributed by atoms with Crippen molar-refractivity contribution in [3.8, 4) is 11.5 Å².